The van der Waals surface area contributed by atoms with Gasteiger partial charge < -0.3 is 15.5 Å². The van der Waals surface area contributed by atoms with Gasteiger partial charge in [-0.05, 0) is 6.07 Å². The predicted molar refractivity (Wildman–Crippen MR) is 53.8 cm³/mol. The monoisotopic (exact) mass is 228 g/mol. The molecule has 0 bridgehead atoms. The summed E-state index contributed by atoms with van der Waals surface area (Å²) in [7, 11) is 0. The lowest BCUT2D eigenvalue weighted by Crippen LogP contribution is -2.34. The van der Waals surface area contributed by atoms with Crippen LogP contribution < -0.4 is 5.32 Å². The zero-order chi connectivity index (χ0) is 12.1. The first-order valence-corrected chi connectivity index (χ1v) is 4.72. The van der Waals surface area contributed by atoms with Crippen LogP contribution in [0.1, 0.15) is 18.6 Å². The summed E-state index contributed by atoms with van der Waals surface area (Å²) in [6.07, 6.45) is -0.396. The zero-order valence-corrected chi connectivity index (χ0v) is 8.72. The van der Waals surface area contributed by atoms with Crippen LogP contribution in [-0.4, -0.2) is 33.8 Å². The highest BCUT2D eigenvalue weighted by molar-refractivity contribution is 5.72. The summed E-state index contributed by atoms with van der Waals surface area (Å²) in [6.45, 7) is 1.14. The largest absolute Gasteiger partial charge is 0.388 e. The fourth-order valence-electron chi connectivity index (χ4n) is 1.19. The Labute approximate surface area is 91.9 Å². The Hall–Kier alpha value is -1.53. The van der Waals surface area contributed by atoms with Crippen molar-refractivity contribution in [1.82, 2.24) is 10.3 Å². The molecular weight excluding hydrogens is 215 g/mol. The molecule has 0 aliphatic rings. The summed E-state index contributed by atoms with van der Waals surface area (Å²) in [4.78, 5) is 14.1. The van der Waals surface area contributed by atoms with E-state index < -0.39 is 18.0 Å². The van der Waals surface area contributed by atoms with Crippen molar-refractivity contribution >= 4 is 5.91 Å². The van der Waals surface area contributed by atoms with Crippen LogP contribution in [0.5, 0.6) is 0 Å². The topological polar surface area (TPSA) is 82.5 Å². The van der Waals surface area contributed by atoms with Gasteiger partial charge >= 0.3 is 0 Å². The van der Waals surface area contributed by atoms with Gasteiger partial charge in [-0.3, -0.25) is 9.78 Å². The third-order valence-electron chi connectivity index (χ3n) is 2.05. The van der Waals surface area contributed by atoms with Crippen molar-refractivity contribution in [2.75, 3.05) is 6.54 Å². The summed E-state index contributed by atoms with van der Waals surface area (Å²) >= 11 is 0. The Kier molecular flexibility index (Phi) is 4.33. The first kappa shape index (κ1) is 12.5. The van der Waals surface area contributed by atoms with Crippen LogP contribution >= 0.6 is 0 Å². The van der Waals surface area contributed by atoms with E-state index in [1.54, 1.807) is 0 Å². The second-order valence-corrected chi connectivity index (χ2v) is 3.35. The minimum atomic E-state index is -1.39. The summed E-state index contributed by atoms with van der Waals surface area (Å²) in [6, 6.07) is 1.27. The van der Waals surface area contributed by atoms with Gasteiger partial charge in [-0.15, -0.1) is 0 Å². The van der Waals surface area contributed by atoms with Crippen molar-refractivity contribution in [2.45, 2.75) is 19.1 Å². The maximum Gasteiger partial charge on any atom is 0.216 e. The molecule has 0 aliphatic heterocycles. The number of halogens is 1. The average molecular weight is 228 g/mol. The predicted octanol–water partition coefficient (Wildman–Crippen LogP) is -0.249. The third-order valence-corrected chi connectivity index (χ3v) is 2.05. The number of aliphatic hydroxyl groups excluding tert-OH is 2. The van der Waals surface area contributed by atoms with E-state index in [1.165, 1.54) is 19.2 Å². The molecule has 1 amide bonds. The Bertz CT molecular complexity index is 373. The van der Waals surface area contributed by atoms with E-state index in [0.29, 0.717) is 0 Å². The molecule has 0 aliphatic carbocycles. The first-order valence-electron chi connectivity index (χ1n) is 4.72. The quantitative estimate of drug-likeness (QED) is 0.663. The van der Waals surface area contributed by atoms with Gasteiger partial charge in [0.2, 0.25) is 5.91 Å². The summed E-state index contributed by atoms with van der Waals surface area (Å²) < 4.78 is 13.2. The van der Waals surface area contributed by atoms with Gasteiger partial charge in [0.1, 0.15) is 18.0 Å². The molecule has 3 N–H and O–H groups in total. The molecular formula is C10H13FN2O3. The standard InChI is InChI=1S/C10H13FN2O3/c1-6(14)13-5-9(15)10(16)7-2-3-12-4-8(7)11/h2-4,9-10,15-16H,5H2,1H3,(H,13,14). The molecule has 2 unspecified atom stereocenters. The number of aromatic nitrogens is 1. The molecule has 1 aromatic rings. The Morgan fingerprint density at radius 3 is 2.88 bits per heavy atom. The fraction of sp³-hybridized carbons (Fsp3) is 0.400. The lowest BCUT2D eigenvalue weighted by Gasteiger charge is -2.18. The van der Waals surface area contributed by atoms with E-state index in [9.17, 15) is 19.4 Å². The third kappa shape index (κ3) is 3.25. The molecule has 6 heteroatoms. The van der Waals surface area contributed by atoms with Crippen molar-refractivity contribution in [3.05, 3.63) is 29.8 Å². The van der Waals surface area contributed by atoms with Gasteiger partial charge in [0.05, 0.1) is 6.20 Å². The number of rotatable bonds is 4. The smallest absolute Gasteiger partial charge is 0.216 e. The first-order chi connectivity index (χ1) is 7.52. The maximum atomic E-state index is 13.2. The molecule has 16 heavy (non-hydrogen) atoms. The van der Waals surface area contributed by atoms with E-state index in [2.05, 4.69) is 10.3 Å². The summed E-state index contributed by atoms with van der Waals surface area (Å²) in [5, 5.41) is 21.4. The Morgan fingerprint density at radius 2 is 2.31 bits per heavy atom. The molecule has 0 aromatic carbocycles. The molecule has 0 fully saturated rings. The molecule has 5 nitrogen and oxygen atoms in total. The van der Waals surface area contributed by atoms with E-state index in [-0.39, 0.29) is 18.0 Å². The molecule has 88 valence electrons. The van der Waals surface area contributed by atoms with Gasteiger partial charge in [-0.2, -0.15) is 0 Å². The molecule has 1 aromatic heterocycles. The van der Waals surface area contributed by atoms with E-state index in [0.717, 1.165) is 6.20 Å². The van der Waals surface area contributed by atoms with E-state index >= 15 is 0 Å². The number of nitrogens with one attached hydrogen (secondary N) is 1. The lowest BCUT2D eigenvalue weighted by molar-refractivity contribution is -0.119. The molecule has 0 spiro atoms. The number of pyridine rings is 1. The van der Waals surface area contributed by atoms with Crippen molar-refractivity contribution in [3.63, 3.8) is 0 Å². The molecule has 0 radical (unpaired) electrons. The number of carbonyl (C=O) groups is 1. The SMILES string of the molecule is CC(=O)NCC(O)C(O)c1ccncc1F. The zero-order valence-electron chi connectivity index (χ0n) is 8.72. The van der Waals surface area contributed by atoms with Crippen LogP contribution in [0.3, 0.4) is 0 Å². The molecule has 0 saturated heterocycles. The number of carbonyl (C=O) groups excluding carboxylic acids is 1. The number of amides is 1. The highest BCUT2D eigenvalue weighted by Crippen LogP contribution is 2.18. The number of nitrogens with zero attached hydrogens (tertiary/aromatic N) is 1. The van der Waals surface area contributed by atoms with Crippen LogP contribution in [0.15, 0.2) is 18.5 Å². The van der Waals surface area contributed by atoms with Crippen molar-refractivity contribution in [1.29, 1.82) is 0 Å². The minimum absolute atomic E-state index is 0.0483. The van der Waals surface area contributed by atoms with Crippen molar-refractivity contribution in [2.24, 2.45) is 0 Å². The van der Waals surface area contributed by atoms with E-state index in [1.807, 2.05) is 0 Å². The molecule has 1 heterocycles. The molecule has 0 saturated carbocycles. The van der Waals surface area contributed by atoms with E-state index in [4.69, 9.17) is 0 Å². The number of hydrogen-bond acceptors (Lipinski definition) is 4. The minimum Gasteiger partial charge on any atom is -0.388 e. The lowest BCUT2D eigenvalue weighted by atomic mass is 10.1. The van der Waals surface area contributed by atoms with Crippen LogP contribution in [0.25, 0.3) is 0 Å². The second-order valence-electron chi connectivity index (χ2n) is 3.35. The van der Waals surface area contributed by atoms with Gasteiger partial charge in [-0.25, -0.2) is 4.39 Å². The number of aliphatic hydroxyl groups is 2. The second kappa shape index (κ2) is 5.53. The molecule has 2 atom stereocenters. The van der Waals surface area contributed by atoms with Crippen LogP contribution in [0, 0.1) is 5.82 Å². The molecule has 1 rings (SSSR count). The highest BCUT2D eigenvalue weighted by Gasteiger charge is 2.21. The van der Waals surface area contributed by atoms with Crippen LogP contribution in [0.4, 0.5) is 4.39 Å². The van der Waals surface area contributed by atoms with Crippen LogP contribution in [-0.2, 0) is 4.79 Å². The normalized spacial score (nSPS) is 14.2. The average Bonchev–Trinajstić information content (AvgIpc) is 2.25. The Morgan fingerprint density at radius 1 is 1.62 bits per heavy atom. The summed E-state index contributed by atoms with van der Waals surface area (Å²) in [5.74, 6) is -1.03. The highest BCUT2D eigenvalue weighted by atomic mass is 19.1. The number of hydrogen-bond donors (Lipinski definition) is 3. The van der Waals surface area contributed by atoms with Gasteiger partial charge in [-0.1, -0.05) is 0 Å². The summed E-state index contributed by atoms with van der Waals surface area (Å²) in [5.41, 5.74) is -0.0483. The van der Waals surface area contributed by atoms with Gasteiger partial charge in [0.15, 0.2) is 0 Å². The van der Waals surface area contributed by atoms with Crippen molar-refractivity contribution < 1.29 is 19.4 Å². The fourth-order valence-corrected chi connectivity index (χ4v) is 1.19. The van der Waals surface area contributed by atoms with Gasteiger partial charge in [0, 0.05) is 25.2 Å². The van der Waals surface area contributed by atoms with Crippen molar-refractivity contribution in [3.8, 4) is 0 Å². The maximum absolute atomic E-state index is 13.2. The van der Waals surface area contributed by atoms with Crippen LogP contribution in [0.2, 0.25) is 0 Å². The van der Waals surface area contributed by atoms with Gasteiger partial charge in [0.25, 0.3) is 0 Å². The Balaban J connectivity index is 2.66.